The standard InChI is InChI=1S/C31H27FN4O4S/c1-18-25(13-14-26(32)34-18)21-9-11-24(12-10-21)41(39,40)29-30(37)35-27(16-19-5-6-19)36(31(29)38)28(22-7-8-22)23-4-2-3-20(15-23)17-33/h2-4,9-15,19,22,28,37H,5-8,16H2,1H3. The fourth-order valence-corrected chi connectivity index (χ4v) is 6.74. The quantitative estimate of drug-likeness (QED) is 0.292. The number of rotatable bonds is 8. The maximum atomic E-state index is 14.2. The first-order valence-corrected chi connectivity index (χ1v) is 15.0. The van der Waals surface area contributed by atoms with Gasteiger partial charge in [-0.2, -0.15) is 14.6 Å². The first-order valence-electron chi connectivity index (χ1n) is 13.5. The van der Waals surface area contributed by atoms with E-state index in [1.165, 1.54) is 22.8 Å². The van der Waals surface area contributed by atoms with Gasteiger partial charge in [-0.05, 0) is 92.0 Å². The van der Waals surface area contributed by atoms with Gasteiger partial charge in [-0.3, -0.25) is 9.36 Å². The number of pyridine rings is 1. The minimum Gasteiger partial charge on any atom is -0.492 e. The summed E-state index contributed by atoms with van der Waals surface area (Å²) in [5.74, 6) is -0.683. The van der Waals surface area contributed by atoms with E-state index in [-0.39, 0.29) is 10.8 Å². The fourth-order valence-electron chi connectivity index (χ4n) is 5.40. The van der Waals surface area contributed by atoms with Gasteiger partial charge in [0, 0.05) is 17.7 Å². The highest BCUT2D eigenvalue weighted by molar-refractivity contribution is 7.91. The summed E-state index contributed by atoms with van der Waals surface area (Å²) in [6.45, 7) is 1.65. The number of hydrogen-bond acceptors (Lipinski definition) is 7. The number of nitrogens with zero attached hydrogens (tertiary/aromatic N) is 4. The summed E-state index contributed by atoms with van der Waals surface area (Å²) in [7, 11) is -4.48. The van der Waals surface area contributed by atoms with Crippen molar-refractivity contribution in [1.29, 1.82) is 5.26 Å². The van der Waals surface area contributed by atoms with Crippen LogP contribution in [0.5, 0.6) is 5.88 Å². The molecule has 0 amide bonds. The van der Waals surface area contributed by atoms with Gasteiger partial charge in [-0.1, -0.05) is 24.3 Å². The van der Waals surface area contributed by atoms with Crippen LogP contribution in [0.25, 0.3) is 11.1 Å². The zero-order valence-corrected chi connectivity index (χ0v) is 23.1. The molecule has 1 atom stereocenters. The van der Waals surface area contributed by atoms with Crippen LogP contribution >= 0.6 is 0 Å². The molecule has 4 aromatic rings. The second-order valence-corrected chi connectivity index (χ2v) is 12.7. The molecule has 0 radical (unpaired) electrons. The molecule has 208 valence electrons. The second-order valence-electron chi connectivity index (χ2n) is 10.8. The third-order valence-corrected chi connectivity index (χ3v) is 9.58. The van der Waals surface area contributed by atoms with E-state index in [9.17, 15) is 28.0 Å². The van der Waals surface area contributed by atoms with Crippen molar-refractivity contribution in [3.63, 3.8) is 0 Å². The van der Waals surface area contributed by atoms with Crippen molar-refractivity contribution >= 4 is 9.84 Å². The third-order valence-electron chi connectivity index (χ3n) is 7.80. The molecule has 0 aliphatic heterocycles. The second kappa shape index (κ2) is 10.2. The van der Waals surface area contributed by atoms with E-state index >= 15 is 0 Å². The highest BCUT2D eigenvalue weighted by Gasteiger charge is 2.39. The zero-order chi connectivity index (χ0) is 28.9. The third kappa shape index (κ3) is 5.13. The van der Waals surface area contributed by atoms with Gasteiger partial charge in [0.15, 0.2) is 4.90 Å². The predicted octanol–water partition coefficient (Wildman–Crippen LogP) is 5.11. The molecule has 2 heterocycles. The van der Waals surface area contributed by atoms with Crippen LogP contribution in [0.4, 0.5) is 4.39 Å². The normalized spacial score (nSPS) is 15.8. The molecule has 2 aromatic heterocycles. The van der Waals surface area contributed by atoms with Crippen molar-refractivity contribution in [2.45, 2.75) is 54.9 Å². The van der Waals surface area contributed by atoms with Crippen LogP contribution in [0.1, 0.15) is 54.4 Å². The summed E-state index contributed by atoms with van der Waals surface area (Å²) in [5.41, 5.74) is 2.06. The fraction of sp³-hybridized carbons (Fsp3) is 0.290. The van der Waals surface area contributed by atoms with Crippen molar-refractivity contribution in [2.24, 2.45) is 11.8 Å². The topological polar surface area (TPSA) is 126 Å². The van der Waals surface area contributed by atoms with Gasteiger partial charge in [0.05, 0.1) is 22.6 Å². The lowest BCUT2D eigenvalue weighted by molar-refractivity contribution is 0.399. The van der Waals surface area contributed by atoms with Crippen LogP contribution in [0.3, 0.4) is 0 Å². The molecule has 0 spiro atoms. The molecule has 2 aliphatic carbocycles. The summed E-state index contributed by atoms with van der Waals surface area (Å²) >= 11 is 0. The van der Waals surface area contributed by atoms with Gasteiger partial charge in [-0.25, -0.2) is 13.4 Å². The molecule has 10 heteroatoms. The van der Waals surface area contributed by atoms with Crippen LogP contribution in [0, 0.1) is 36.0 Å². The molecule has 2 aromatic carbocycles. The van der Waals surface area contributed by atoms with Gasteiger partial charge in [0.2, 0.25) is 21.7 Å². The van der Waals surface area contributed by atoms with Crippen molar-refractivity contribution in [3.05, 3.63) is 99.6 Å². The SMILES string of the molecule is Cc1nc(F)ccc1-c1ccc(S(=O)(=O)c2c(O)nc(CC3CC3)n(C(c3cccc(C#N)c3)C3CC3)c2=O)cc1. The van der Waals surface area contributed by atoms with Crippen molar-refractivity contribution in [2.75, 3.05) is 0 Å². The van der Waals surface area contributed by atoms with E-state index in [1.807, 2.05) is 6.07 Å². The molecule has 1 unspecified atom stereocenters. The molecule has 41 heavy (non-hydrogen) atoms. The van der Waals surface area contributed by atoms with E-state index < -0.39 is 38.2 Å². The predicted molar refractivity (Wildman–Crippen MR) is 148 cm³/mol. The Morgan fingerprint density at radius 3 is 2.44 bits per heavy atom. The number of aryl methyl sites for hydroxylation is 1. The van der Waals surface area contributed by atoms with Gasteiger partial charge in [0.25, 0.3) is 5.56 Å². The lowest BCUT2D eigenvalue weighted by Crippen LogP contribution is -2.34. The molecule has 2 aliphatic rings. The highest BCUT2D eigenvalue weighted by Crippen LogP contribution is 2.45. The molecule has 0 bridgehead atoms. The molecule has 1 N–H and O–H groups in total. The Labute approximate surface area is 236 Å². The van der Waals surface area contributed by atoms with Gasteiger partial charge < -0.3 is 5.11 Å². The van der Waals surface area contributed by atoms with E-state index in [1.54, 1.807) is 43.3 Å². The van der Waals surface area contributed by atoms with E-state index in [2.05, 4.69) is 16.0 Å². The largest absolute Gasteiger partial charge is 0.492 e. The van der Waals surface area contributed by atoms with Gasteiger partial charge in [0.1, 0.15) is 5.82 Å². The first-order chi connectivity index (χ1) is 19.7. The van der Waals surface area contributed by atoms with Crippen molar-refractivity contribution < 1.29 is 17.9 Å². The Bertz CT molecular complexity index is 1870. The van der Waals surface area contributed by atoms with Crippen LogP contribution in [-0.2, 0) is 16.3 Å². The summed E-state index contributed by atoms with van der Waals surface area (Å²) in [6.07, 6.45) is 4.09. The molecule has 2 fully saturated rings. The number of aromatic nitrogens is 3. The Kier molecular flexibility index (Phi) is 6.70. The van der Waals surface area contributed by atoms with Crippen LogP contribution < -0.4 is 5.56 Å². The summed E-state index contributed by atoms with van der Waals surface area (Å²) in [5, 5.41) is 20.4. The monoisotopic (exact) mass is 570 g/mol. The summed E-state index contributed by atoms with van der Waals surface area (Å²) in [4.78, 5) is 21.4. The number of nitriles is 1. The smallest absolute Gasteiger partial charge is 0.277 e. The first kappa shape index (κ1) is 26.8. The van der Waals surface area contributed by atoms with E-state index in [0.717, 1.165) is 31.2 Å². The molecular formula is C31H27FN4O4S. The maximum Gasteiger partial charge on any atom is 0.277 e. The number of hydrogen-bond donors (Lipinski definition) is 1. The number of aromatic hydroxyl groups is 1. The lowest BCUT2D eigenvalue weighted by Gasteiger charge is -2.24. The van der Waals surface area contributed by atoms with Gasteiger partial charge in [-0.15, -0.1) is 0 Å². The summed E-state index contributed by atoms with van der Waals surface area (Å²) in [6, 6.07) is 17.2. The maximum absolute atomic E-state index is 14.2. The average molecular weight is 571 g/mol. The van der Waals surface area contributed by atoms with Crippen LogP contribution in [0.15, 0.2) is 75.2 Å². The highest BCUT2D eigenvalue weighted by atomic mass is 32.2. The van der Waals surface area contributed by atoms with Crippen molar-refractivity contribution in [1.82, 2.24) is 14.5 Å². The molecule has 6 rings (SSSR count). The minimum absolute atomic E-state index is 0.0772. The molecule has 2 saturated carbocycles. The Morgan fingerprint density at radius 1 is 1.07 bits per heavy atom. The number of halogens is 1. The van der Waals surface area contributed by atoms with Crippen molar-refractivity contribution in [3.8, 4) is 23.1 Å². The Hall–Kier alpha value is -4.36. The average Bonchev–Trinajstić information content (AvgIpc) is 3.87. The Balaban J connectivity index is 1.48. The van der Waals surface area contributed by atoms with E-state index in [4.69, 9.17) is 0 Å². The number of sulfone groups is 1. The van der Waals surface area contributed by atoms with Crippen LogP contribution in [0.2, 0.25) is 0 Å². The molecule has 0 saturated heterocycles. The Morgan fingerprint density at radius 2 is 1.80 bits per heavy atom. The zero-order valence-electron chi connectivity index (χ0n) is 22.3. The molecular weight excluding hydrogens is 543 g/mol. The molecule has 8 nitrogen and oxygen atoms in total. The van der Waals surface area contributed by atoms with Gasteiger partial charge >= 0.3 is 0 Å². The minimum atomic E-state index is -4.48. The number of benzene rings is 2. The van der Waals surface area contributed by atoms with E-state index in [0.29, 0.717) is 40.5 Å². The lowest BCUT2D eigenvalue weighted by atomic mass is 9.99. The summed E-state index contributed by atoms with van der Waals surface area (Å²) < 4.78 is 42.6. The van der Waals surface area contributed by atoms with Crippen LogP contribution in [-0.4, -0.2) is 28.1 Å².